The molecule has 0 radical (unpaired) electrons. The van der Waals surface area contributed by atoms with Crippen molar-refractivity contribution in [1.82, 2.24) is 20.1 Å². The van der Waals surface area contributed by atoms with E-state index in [-0.39, 0.29) is 5.91 Å². The molecule has 2 aromatic carbocycles. The summed E-state index contributed by atoms with van der Waals surface area (Å²) in [6.45, 7) is 1.37. The Kier molecular flexibility index (Phi) is 5.89. The number of nitrogens with one attached hydrogen (secondary N) is 1. The average Bonchev–Trinajstić information content (AvgIpc) is 3.51. The van der Waals surface area contributed by atoms with Gasteiger partial charge in [-0.25, -0.2) is 4.98 Å². The van der Waals surface area contributed by atoms with E-state index in [1.54, 1.807) is 13.3 Å². The number of pyridine rings is 1. The van der Waals surface area contributed by atoms with Crippen LogP contribution in [0.1, 0.15) is 40.0 Å². The van der Waals surface area contributed by atoms with E-state index in [1.165, 1.54) is 0 Å². The molecule has 33 heavy (non-hydrogen) atoms. The minimum Gasteiger partial charge on any atom is -0.497 e. The Morgan fingerprint density at radius 2 is 1.97 bits per heavy atom. The number of ether oxygens (including phenoxy) is 1. The predicted octanol–water partition coefficient (Wildman–Crippen LogP) is 4.75. The van der Waals surface area contributed by atoms with E-state index in [1.807, 2.05) is 65.5 Å². The maximum atomic E-state index is 13.3. The molecule has 0 saturated carbocycles. The number of rotatable bonds is 7. The molecular formula is C27H26N4O2. The van der Waals surface area contributed by atoms with Crippen LogP contribution in [-0.4, -0.2) is 34.3 Å². The summed E-state index contributed by atoms with van der Waals surface area (Å²) in [7, 11) is 1.67. The molecule has 0 atom stereocenters. The molecule has 1 N–H and O–H groups in total. The van der Waals surface area contributed by atoms with Gasteiger partial charge in [-0.3, -0.25) is 9.48 Å². The first-order valence-corrected chi connectivity index (χ1v) is 11.2. The second-order valence-corrected chi connectivity index (χ2v) is 8.15. The molecule has 1 aliphatic rings. The summed E-state index contributed by atoms with van der Waals surface area (Å²) < 4.78 is 7.14. The second-order valence-electron chi connectivity index (χ2n) is 8.15. The van der Waals surface area contributed by atoms with E-state index in [0.717, 1.165) is 70.4 Å². The largest absolute Gasteiger partial charge is 0.497 e. The van der Waals surface area contributed by atoms with Crippen molar-refractivity contribution >= 4 is 28.5 Å². The Morgan fingerprint density at radius 1 is 1.12 bits per heavy atom. The Bertz CT molecular complexity index is 1310. The van der Waals surface area contributed by atoms with Crippen molar-refractivity contribution in [2.24, 2.45) is 0 Å². The van der Waals surface area contributed by atoms with E-state index in [2.05, 4.69) is 16.5 Å². The number of hydrogen-bond donors (Lipinski definition) is 1. The molecule has 1 amide bonds. The van der Waals surface area contributed by atoms with Crippen LogP contribution in [0.3, 0.4) is 0 Å². The third-order valence-electron chi connectivity index (χ3n) is 6.03. The highest BCUT2D eigenvalue weighted by molar-refractivity contribution is 6.09. The molecule has 166 valence electrons. The molecule has 4 aromatic rings. The number of para-hydroxylation sites is 1. The molecule has 0 bridgehead atoms. The molecule has 0 spiro atoms. The van der Waals surface area contributed by atoms with Crippen LogP contribution in [0.4, 0.5) is 0 Å². The fraction of sp³-hybridized carbons (Fsp3) is 0.222. The normalized spacial score (nSPS) is 13.9. The number of amides is 1. The Balaban J connectivity index is 1.44. The van der Waals surface area contributed by atoms with Crippen LogP contribution in [0.2, 0.25) is 0 Å². The van der Waals surface area contributed by atoms with Crippen molar-refractivity contribution in [2.45, 2.75) is 25.8 Å². The number of aromatic nitrogens is 3. The number of carbonyl (C=O) groups excluding carboxylic acids is 1. The summed E-state index contributed by atoms with van der Waals surface area (Å²) in [6, 6.07) is 17.8. The monoisotopic (exact) mass is 438 g/mol. The summed E-state index contributed by atoms with van der Waals surface area (Å²) in [6.07, 6.45) is 8.36. The Morgan fingerprint density at radius 3 is 2.76 bits per heavy atom. The summed E-state index contributed by atoms with van der Waals surface area (Å²) in [5, 5.41) is 8.24. The number of allylic oxidation sites excluding steroid dienone is 1. The van der Waals surface area contributed by atoms with Crippen molar-refractivity contribution in [1.29, 1.82) is 0 Å². The Labute approximate surface area is 192 Å². The lowest BCUT2D eigenvalue weighted by atomic mass is 10.00. The number of methoxy groups -OCH3 is 1. The van der Waals surface area contributed by atoms with Gasteiger partial charge < -0.3 is 10.1 Å². The van der Waals surface area contributed by atoms with Gasteiger partial charge in [-0.2, -0.15) is 5.10 Å². The quantitative estimate of drug-likeness (QED) is 0.423. The highest BCUT2D eigenvalue weighted by Gasteiger charge is 2.26. The topological polar surface area (TPSA) is 69.0 Å². The predicted molar refractivity (Wildman–Crippen MR) is 130 cm³/mol. The third-order valence-corrected chi connectivity index (χ3v) is 6.03. The fourth-order valence-electron chi connectivity index (χ4n) is 4.40. The number of aryl methyl sites for hydroxylation is 1. The first kappa shape index (κ1) is 20.9. The molecule has 6 nitrogen and oxygen atoms in total. The van der Waals surface area contributed by atoms with Gasteiger partial charge in [0.05, 0.1) is 23.9 Å². The molecule has 2 aromatic heterocycles. The SMILES string of the molecule is COc1ccc(/C=C2\CCc3c2nc2ccccc2c3C(=O)NCCCn2cccn2)cc1. The second kappa shape index (κ2) is 9.28. The summed E-state index contributed by atoms with van der Waals surface area (Å²) in [5.41, 5.74) is 5.84. The van der Waals surface area contributed by atoms with Gasteiger partial charge in [0.15, 0.2) is 0 Å². The van der Waals surface area contributed by atoms with Crippen LogP contribution in [0, 0.1) is 0 Å². The highest BCUT2D eigenvalue weighted by Crippen LogP contribution is 2.37. The van der Waals surface area contributed by atoms with Gasteiger partial charge in [0, 0.05) is 30.9 Å². The zero-order valence-corrected chi connectivity index (χ0v) is 18.6. The molecule has 0 aliphatic heterocycles. The lowest BCUT2D eigenvalue weighted by Crippen LogP contribution is -2.27. The van der Waals surface area contributed by atoms with E-state index in [0.29, 0.717) is 6.54 Å². The van der Waals surface area contributed by atoms with Gasteiger partial charge in [-0.05, 0) is 66.3 Å². The molecule has 5 rings (SSSR count). The van der Waals surface area contributed by atoms with E-state index in [4.69, 9.17) is 9.72 Å². The zero-order chi connectivity index (χ0) is 22.6. The van der Waals surface area contributed by atoms with Crippen molar-refractivity contribution in [3.8, 4) is 5.75 Å². The van der Waals surface area contributed by atoms with E-state index in [9.17, 15) is 4.79 Å². The molecule has 0 saturated heterocycles. The smallest absolute Gasteiger partial charge is 0.252 e. The maximum Gasteiger partial charge on any atom is 0.252 e. The lowest BCUT2D eigenvalue weighted by Gasteiger charge is -2.13. The number of benzene rings is 2. The minimum absolute atomic E-state index is 0.0315. The van der Waals surface area contributed by atoms with E-state index >= 15 is 0 Å². The number of hydrogen-bond acceptors (Lipinski definition) is 4. The Hall–Kier alpha value is -3.93. The third kappa shape index (κ3) is 4.37. The van der Waals surface area contributed by atoms with Gasteiger partial charge in [0.2, 0.25) is 0 Å². The van der Waals surface area contributed by atoms with Crippen LogP contribution >= 0.6 is 0 Å². The number of fused-ring (bicyclic) bond motifs is 2. The molecular weight excluding hydrogens is 412 g/mol. The van der Waals surface area contributed by atoms with Gasteiger partial charge in [-0.15, -0.1) is 0 Å². The number of carbonyl (C=O) groups is 1. The van der Waals surface area contributed by atoms with E-state index < -0.39 is 0 Å². The maximum absolute atomic E-state index is 13.3. The van der Waals surface area contributed by atoms with Crippen molar-refractivity contribution in [2.75, 3.05) is 13.7 Å². The molecule has 0 fully saturated rings. The number of nitrogens with zero attached hydrogens (tertiary/aromatic N) is 3. The molecule has 2 heterocycles. The minimum atomic E-state index is -0.0315. The summed E-state index contributed by atoms with van der Waals surface area (Å²) >= 11 is 0. The van der Waals surface area contributed by atoms with Crippen LogP contribution in [0.25, 0.3) is 22.6 Å². The average molecular weight is 439 g/mol. The van der Waals surface area contributed by atoms with Crippen LogP contribution in [0.5, 0.6) is 5.75 Å². The van der Waals surface area contributed by atoms with Crippen LogP contribution in [0.15, 0.2) is 67.0 Å². The highest BCUT2D eigenvalue weighted by atomic mass is 16.5. The molecule has 1 aliphatic carbocycles. The summed E-state index contributed by atoms with van der Waals surface area (Å²) in [5.74, 6) is 0.801. The fourth-order valence-corrected chi connectivity index (χ4v) is 4.40. The van der Waals surface area contributed by atoms with Gasteiger partial charge in [0.25, 0.3) is 5.91 Å². The van der Waals surface area contributed by atoms with Gasteiger partial charge >= 0.3 is 0 Å². The summed E-state index contributed by atoms with van der Waals surface area (Å²) in [4.78, 5) is 18.3. The van der Waals surface area contributed by atoms with Gasteiger partial charge in [0.1, 0.15) is 5.75 Å². The lowest BCUT2D eigenvalue weighted by molar-refractivity contribution is 0.0953. The van der Waals surface area contributed by atoms with Crippen molar-refractivity contribution in [3.05, 3.63) is 89.4 Å². The van der Waals surface area contributed by atoms with Gasteiger partial charge in [-0.1, -0.05) is 30.3 Å². The van der Waals surface area contributed by atoms with Crippen LogP contribution in [-0.2, 0) is 13.0 Å². The van der Waals surface area contributed by atoms with Crippen molar-refractivity contribution < 1.29 is 9.53 Å². The first-order valence-electron chi connectivity index (χ1n) is 11.2. The molecule has 0 unspecified atom stereocenters. The standard InChI is InChI=1S/C27H26N4O2/c1-33-21-11-8-19(9-12-21)18-20-10-13-23-25(22-6-2-3-7-24(22)30-26(20)23)27(32)28-14-4-16-31-17-5-15-29-31/h2-3,5-9,11-12,15,17-18H,4,10,13-14,16H2,1H3,(H,28,32)/b20-18+. The zero-order valence-electron chi connectivity index (χ0n) is 18.6. The first-order chi connectivity index (χ1) is 16.2. The molecule has 6 heteroatoms. The van der Waals surface area contributed by atoms with Crippen molar-refractivity contribution in [3.63, 3.8) is 0 Å². The van der Waals surface area contributed by atoms with Crippen LogP contribution < -0.4 is 10.1 Å².